The maximum Gasteiger partial charge on any atom is 0.289 e. The summed E-state index contributed by atoms with van der Waals surface area (Å²) in [7, 11) is 1.61. The minimum atomic E-state index is -0.338. The number of nitrogens with zero attached hydrogens (tertiary/aromatic N) is 3. The number of methoxy groups -OCH3 is 1. The van der Waals surface area contributed by atoms with Gasteiger partial charge in [-0.15, -0.1) is 0 Å². The molecule has 1 aromatic carbocycles. The molecule has 0 spiro atoms. The highest BCUT2D eigenvalue weighted by Gasteiger charge is 2.37. The molecule has 3 heterocycles. The fraction of sp³-hybridized carbons (Fsp3) is 0.409. The van der Waals surface area contributed by atoms with Crippen molar-refractivity contribution >= 4 is 17.7 Å². The summed E-state index contributed by atoms with van der Waals surface area (Å²) in [5.74, 6) is 0.533. The number of furan rings is 1. The summed E-state index contributed by atoms with van der Waals surface area (Å²) in [4.78, 5) is 43.0. The zero-order valence-corrected chi connectivity index (χ0v) is 17.0. The molecule has 2 saturated heterocycles. The molecule has 0 bridgehead atoms. The normalized spacial score (nSPS) is 19.3. The van der Waals surface area contributed by atoms with Crippen molar-refractivity contribution in [3.05, 3.63) is 54.0 Å². The minimum absolute atomic E-state index is 0.0113. The molecular weight excluding hydrogens is 386 g/mol. The topological polar surface area (TPSA) is 83.3 Å². The van der Waals surface area contributed by atoms with Crippen LogP contribution in [0.5, 0.6) is 5.75 Å². The second-order valence-electron chi connectivity index (χ2n) is 7.62. The van der Waals surface area contributed by atoms with Crippen LogP contribution < -0.4 is 4.74 Å². The lowest BCUT2D eigenvalue weighted by molar-refractivity contribution is -0.137. The van der Waals surface area contributed by atoms with Crippen LogP contribution in [0.15, 0.2) is 47.1 Å². The molecule has 4 rings (SSSR count). The number of carbonyl (C=O) groups excluding carboxylic acids is 3. The summed E-state index contributed by atoms with van der Waals surface area (Å²) in [5, 5.41) is 0. The Morgan fingerprint density at radius 1 is 1.10 bits per heavy atom. The first kappa shape index (κ1) is 20.0. The van der Waals surface area contributed by atoms with Crippen LogP contribution >= 0.6 is 0 Å². The van der Waals surface area contributed by atoms with Gasteiger partial charge in [0.25, 0.3) is 5.91 Å². The lowest BCUT2D eigenvalue weighted by atomic mass is 10.1. The molecule has 1 unspecified atom stereocenters. The Hall–Kier alpha value is -3.29. The maximum absolute atomic E-state index is 13.0. The number of likely N-dealkylation sites (tertiary alicyclic amines) is 1. The molecule has 0 saturated carbocycles. The summed E-state index contributed by atoms with van der Waals surface area (Å²) < 4.78 is 10.4. The van der Waals surface area contributed by atoms with Crippen molar-refractivity contribution < 1.29 is 23.5 Å². The third-order valence-electron chi connectivity index (χ3n) is 5.68. The highest BCUT2D eigenvalue weighted by atomic mass is 16.5. The molecule has 2 fully saturated rings. The molecule has 30 heavy (non-hydrogen) atoms. The van der Waals surface area contributed by atoms with Crippen LogP contribution in [-0.2, 0) is 16.1 Å². The van der Waals surface area contributed by atoms with Gasteiger partial charge >= 0.3 is 0 Å². The fourth-order valence-corrected chi connectivity index (χ4v) is 4.03. The molecule has 1 aromatic heterocycles. The SMILES string of the molecule is COc1cccc(CN2CC(C(=O)N3CCN(C(=O)c4ccco4)CC3)CC2=O)c1. The van der Waals surface area contributed by atoms with Gasteiger partial charge in [0.05, 0.1) is 19.3 Å². The molecule has 2 aliphatic heterocycles. The number of piperazine rings is 1. The number of amides is 3. The second kappa shape index (κ2) is 8.61. The van der Waals surface area contributed by atoms with E-state index < -0.39 is 0 Å². The highest BCUT2D eigenvalue weighted by molar-refractivity contribution is 5.92. The van der Waals surface area contributed by atoms with E-state index >= 15 is 0 Å². The highest BCUT2D eigenvalue weighted by Crippen LogP contribution is 2.24. The van der Waals surface area contributed by atoms with Crippen molar-refractivity contribution in [2.45, 2.75) is 13.0 Å². The van der Waals surface area contributed by atoms with E-state index in [0.29, 0.717) is 45.0 Å². The minimum Gasteiger partial charge on any atom is -0.497 e. The monoisotopic (exact) mass is 411 g/mol. The Kier molecular flexibility index (Phi) is 5.74. The van der Waals surface area contributed by atoms with Crippen LogP contribution in [0.25, 0.3) is 0 Å². The van der Waals surface area contributed by atoms with Crippen LogP contribution in [0.2, 0.25) is 0 Å². The molecule has 2 aliphatic rings. The van der Waals surface area contributed by atoms with Gasteiger partial charge in [0, 0.05) is 45.7 Å². The van der Waals surface area contributed by atoms with Crippen molar-refractivity contribution in [1.82, 2.24) is 14.7 Å². The Morgan fingerprint density at radius 2 is 1.87 bits per heavy atom. The van der Waals surface area contributed by atoms with Crippen molar-refractivity contribution in [2.24, 2.45) is 5.92 Å². The van der Waals surface area contributed by atoms with E-state index in [1.54, 1.807) is 33.9 Å². The summed E-state index contributed by atoms with van der Waals surface area (Å²) in [6, 6.07) is 10.9. The maximum atomic E-state index is 13.0. The van der Waals surface area contributed by atoms with Crippen LogP contribution in [0.3, 0.4) is 0 Å². The first-order valence-corrected chi connectivity index (χ1v) is 10.1. The summed E-state index contributed by atoms with van der Waals surface area (Å²) >= 11 is 0. The molecule has 0 radical (unpaired) electrons. The number of hydrogen-bond acceptors (Lipinski definition) is 5. The van der Waals surface area contributed by atoms with Crippen LogP contribution in [0.1, 0.15) is 22.5 Å². The summed E-state index contributed by atoms with van der Waals surface area (Å²) in [6.45, 7) is 2.72. The molecule has 3 amide bonds. The second-order valence-corrected chi connectivity index (χ2v) is 7.62. The third kappa shape index (κ3) is 4.17. The predicted octanol–water partition coefficient (Wildman–Crippen LogP) is 1.62. The van der Waals surface area contributed by atoms with Gasteiger partial charge in [0.2, 0.25) is 11.8 Å². The fourth-order valence-electron chi connectivity index (χ4n) is 4.03. The summed E-state index contributed by atoms with van der Waals surface area (Å²) in [6.07, 6.45) is 1.70. The Morgan fingerprint density at radius 3 is 2.57 bits per heavy atom. The van der Waals surface area contributed by atoms with Crippen LogP contribution in [-0.4, -0.2) is 72.3 Å². The number of hydrogen-bond donors (Lipinski definition) is 0. The number of rotatable bonds is 5. The van der Waals surface area contributed by atoms with Crippen molar-refractivity contribution in [3.8, 4) is 5.75 Å². The Labute approximate surface area is 175 Å². The van der Waals surface area contributed by atoms with Gasteiger partial charge < -0.3 is 23.9 Å². The molecule has 2 aromatic rings. The van der Waals surface area contributed by atoms with Crippen molar-refractivity contribution in [1.29, 1.82) is 0 Å². The van der Waals surface area contributed by atoms with E-state index in [9.17, 15) is 14.4 Å². The van der Waals surface area contributed by atoms with E-state index in [0.717, 1.165) is 11.3 Å². The smallest absolute Gasteiger partial charge is 0.289 e. The third-order valence-corrected chi connectivity index (χ3v) is 5.68. The lowest BCUT2D eigenvalue weighted by Crippen LogP contribution is -2.52. The molecule has 8 heteroatoms. The van der Waals surface area contributed by atoms with Crippen LogP contribution in [0, 0.1) is 5.92 Å². The lowest BCUT2D eigenvalue weighted by Gasteiger charge is -2.35. The van der Waals surface area contributed by atoms with E-state index in [2.05, 4.69) is 0 Å². The average molecular weight is 411 g/mol. The van der Waals surface area contributed by atoms with Gasteiger partial charge in [-0.25, -0.2) is 0 Å². The largest absolute Gasteiger partial charge is 0.497 e. The number of carbonyl (C=O) groups is 3. The zero-order valence-electron chi connectivity index (χ0n) is 17.0. The Balaban J connectivity index is 1.31. The first-order chi connectivity index (χ1) is 14.5. The molecule has 8 nitrogen and oxygen atoms in total. The molecule has 158 valence electrons. The quantitative estimate of drug-likeness (QED) is 0.747. The van der Waals surface area contributed by atoms with Crippen LogP contribution in [0.4, 0.5) is 0 Å². The van der Waals surface area contributed by atoms with Gasteiger partial charge in [0.15, 0.2) is 5.76 Å². The molecule has 1 atom stereocenters. The van der Waals surface area contributed by atoms with Gasteiger partial charge in [-0.1, -0.05) is 12.1 Å². The number of ether oxygens (including phenoxy) is 1. The zero-order chi connectivity index (χ0) is 21.1. The summed E-state index contributed by atoms with van der Waals surface area (Å²) in [5.41, 5.74) is 0.973. The Bertz CT molecular complexity index is 919. The van der Waals surface area contributed by atoms with E-state index in [1.807, 2.05) is 24.3 Å². The standard InChI is InChI=1S/C22H25N3O5/c1-29-18-5-2-4-16(12-18)14-25-15-17(13-20(25)26)21(27)23-7-9-24(10-8-23)22(28)19-6-3-11-30-19/h2-6,11-12,17H,7-10,13-15H2,1H3. The first-order valence-electron chi connectivity index (χ1n) is 10.1. The number of benzene rings is 1. The van der Waals surface area contributed by atoms with E-state index in [4.69, 9.17) is 9.15 Å². The van der Waals surface area contributed by atoms with Gasteiger partial charge in [0.1, 0.15) is 5.75 Å². The average Bonchev–Trinajstić information content (AvgIpc) is 3.43. The van der Waals surface area contributed by atoms with Gasteiger partial charge in [-0.3, -0.25) is 14.4 Å². The van der Waals surface area contributed by atoms with Gasteiger partial charge in [-0.05, 0) is 29.8 Å². The molecule has 0 N–H and O–H groups in total. The molecule has 0 aliphatic carbocycles. The van der Waals surface area contributed by atoms with Crippen molar-refractivity contribution in [2.75, 3.05) is 39.8 Å². The predicted molar refractivity (Wildman–Crippen MR) is 108 cm³/mol. The van der Waals surface area contributed by atoms with E-state index in [1.165, 1.54) is 6.26 Å². The van der Waals surface area contributed by atoms with E-state index in [-0.39, 0.29) is 30.1 Å². The molecular formula is C22H25N3O5. The van der Waals surface area contributed by atoms with Crippen molar-refractivity contribution in [3.63, 3.8) is 0 Å². The van der Waals surface area contributed by atoms with Gasteiger partial charge in [-0.2, -0.15) is 0 Å².